The Bertz CT molecular complexity index is 428. The summed E-state index contributed by atoms with van der Waals surface area (Å²) >= 11 is 3.51. The molecule has 18 heavy (non-hydrogen) atoms. The molecule has 0 saturated heterocycles. The molecule has 0 aliphatic rings. The molecule has 0 aliphatic heterocycles. The maximum absolute atomic E-state index is 12.2. The lowest BCUT2D eigenvalue weighted by atomic mass is 10.2. The Labute approximate surface area is 117 Å². The van der Waals surface area contributed by atoms with Gasteiger partial charge in [0.15, 0.2) is 5.82 Å². The third-order valence-electron chi connectivity index (χ3n) is 2.68. The molecule has 102 valence electrons. The molecule has 1 heterocycles. The minimum atomic E-state index is -0.00377. The van der Waals surface area contributed by atoms with E-state index in [0.29, 0.717) is 16.6 Å². The zero-order valence-electron chi connectivity index (χ0n) is 11.6. The van der Waals surface area contributed by atoms with Gasteiger partial charge < -0.3 is 9.47 Å². The fourth-order valence-electron chi connectivity index (χ4n) is 1.71. The van der Waals surface area contributed by atoms with Crippen LogP contribution in [0.15, 0.2) is 17.2 Å². The molecule has 1 aromatic rings. The van der Waals surface area contributed by atoms with Crippen molar-refractivity contribution in [2.24, 2.45) is 5.92 Å². The van der Waals surface area contributed by atoms with Gasteiger partial charge >= 0.3 is 0 Å². The van der Waals surface area contributed by atoms with Gasteiger partial charge in [-0.2, -0.15) is 0 Å². The first-order chi connectivity index (χ1) is 8.41. The summed E-state index contributed by atoms with van der Waals surface area (Å²) in [6.45, 7) is 7.85. The highest BCUT2D eigenvalue weighted by molar-refractivity contribution is 9.09. The van der Waals surface area contributed by atoms with Crippen LogP contribution in [0.25, 0.3) is 0 Å². The molecule has 0 aliphatic carbocycles. The van der Waals surface area contributed by atoms with Crippen molar-refractivity contribution < 1.29 is 0 Å². The van der Waals surface area contributed by atoms with Crippen molar-refractivity contribution in [1.82, 2.24) is 9.55 Å². The Kier molecular flexibility index (Phi) is 5.85. The lowest BCUT2D eigenvalue weighted by Crippen LogP contribution is -2.32. The van der Waals surface area contributed by atoms with E-state index in [1.807, 2.05) is 11.9 Å². The summed E-state index contributed by atoms with van der Waals surface area (Å²) in [5.41, 5.74) is -0.00377. The van der Waals surface area contributed by atoms with Crippen molar-refractivity contribution >= 4 is 21.7 Å². The van der Waals surface area contributed by atoms with Crippen LogP contribution in [-0.4, -0.2) is 28.0 Å². The first-order valence-corrected chi connectivity index (χ1v) is 7.24. The average Bonchev–Trinajstić information content (AvgIpc) is 2.28. The van der Waals surface area contributed by atoms with E-state index < -0.39 is 0 Å². The summed E-state index contributed by atoms with van der Waals surface area (Å²) in [6, 6.07) is 0. The summed E-state index contributed by atoms with van der Waals surface area (Å²) in [5, 5.41) is 0. The minimum Gasteiger partial charge on any atom is -0.355 e. The van der Waals surface area contributed by atoms with E-state index in [1.54, 1.807) is 17.0 Å². The van der Waals surface area contributed by atoms with Crippen molar-refractivity contribution in [1.29, 1.82) is 0 Å². The van der Waals surface area contributed by atoms with Crippen molar-refractivity contribution in [3.05, 3.63) is 22.7 Å². The fraction of sp³-hybridized carbons (Fsp3) is 0.692. The standard InChI is InChI=1S/C13H22BrN3O/c1-10(2)9-17-8-6-15-12(13(17)18)16(4)7-5-11(3)14/h6,8,10-11H,5,7,9H2,1-4H3. The van der Waals surface area contributed by atoms with Crippen LogP contribution in [0.2, 0.25) is 0 Å². The van der Waals surface area contributed by atoms with Crippen LogP contribution in [0.4, 0.5) is 5.82 Å². The van der Waals surface area contributed by atoms with E-state index in [-0.39, 0.29) is 5.56 Å². The second-order valence-corrected chi connectivity index (χ2v) is 6.66. The Morgan fingerprint density at radius 3 is 2.67 bits per heavy atom. The Morgan fingerprint density at radius 2 is 2.11 bits per heavy atom. The van der Waals surface area contributed by atoms with Crippen LogP contribution >= 0.6 is 15.9 Å². The fourth-order valence-corrected chi connectivity index (χ4v) is 1.92. The van der Waals surface area contributed by atoms with Crippen LogP contribution in [-0.2, 0) is 6.54 Å². The monoisotopic (exact) mass is 315 g/mol. The molecule has 0 bridgehead atoms. The molecule has 0 N–H and O–H groups in total. The lowest BCUT2D eigenvalue weighted by Gasteiger charge is -2.19. The molecule has 1 rings (SSSR count). The molecule has 0 amide bonds. The van der Waals surface area contributed by atoms with Gasteiger partial charge in [-0.05, 0) is 12.3 Å². The van der Waals surface area contributed by atoms with Crippen LogP contribution in [0.5, 0.6) is 0 Å². The molecular formula is C13H22BrN3O. The van der Waals surface area contributed by atoms with Crippen molar-refractivity contribution in [3.63, 3.8) is 0 Å². The van der Waals surface area contributed by atoms with E-state index in [1.165, 1.54) is 0 Å². The topological polar surface area (TPSA) is 38.1 Å². The molecular weight excluding hydrogens is 294 g/mol. The van der Waals surface area contributed by atoms with Crippen LogP contribution in [0, 0.1) is 5.92 Å². The number of halogens is 1. The molecule has 0 spiro atoms. The first-order valence-electron chi connectivity index (χ1n) is 6.32. The molecule has 1 unspecified atom stereocenters. The minimum absolute atomic E-state index is 0.00377. The Balaban J connectivity index is 2.86. The normalized spacial score (nSPS) is 12.8. The van der Waals surface area contributed by atoms with Gasteiger partial charge in [0.1, 0.15) is 0 Å². The lowest BCUT2D eigenvalue weighted by molar-refractivity contribution is 0.508. The van der Waals surface area contributed by atoms with Gasteiger partial charge in [0.05, 0.1) is 0 Å². The predicted octanol–water partition coefficient (Wildman–Crippen LogP) is 2.51. The molecule has 1 aromatic heterocycles. The molecule has 1 atom stereocenters. The Morgan fingerprint density at radius 1 is 1.44 bits per heavy atom. The van der Waals surface area contributed by atoms with E-state index in [2.05, 4.69) is 41.7 Å². The molecule has 4 nitrogen and oxygen atoms in total. The van der Waals surface area contributed by atoms with Gasteiger partial charge in [-0.25, -0.2) is 4.98 Å². The van der Waals surface area contributed by atoms with Crippen molar-refractivity contribution in [2.75, 3.05) is 18.5 Å². The SMILES string of the molecule is CC(C)Cn1ccnc(N(C)CCC(C)Br)c1=O. The highest BCUT2D eigenvalue weighted by Crippen LogP contribution is 2.08. The van der Waals surface area contributed by atoms with Gasteiger partial charge in [-0.15, -0.1) is 0 Å². The second-order valence-electron chi connectivity index (χ2n) is 5.09. The first kappa shape index (κ1) is 15.2. The van der Waals surface area contributed by atoms with Crippen LogP contribution in [0.3, 0.4) is 0 Å². The van der Waals surface area contributed by atoms with E-state index >= 15 is 0 Å². The van der Waals surface area contributed by atoms with Crippen molar-refractivity contribution in [2.45, 2.75) is 38.6 Å². The summed E-state index contributed by atoms with van der Waals surface area (Å²) < 4.78 is 1.74. The van der Waals surface area contributed by atoms with Crippen LogP contribution < -0.4 is 10.5 Å². The summed E-state index contributed by atoms with van der Waals surface area (Å²) in [7, 11) is 1.92. The third kappa shape index (κ3) is 4.44. The Hall–Kier alpha value is -0.840. The summed E-state index contributed by atoms with van der Waals surface area (Å²) in [4.78, 5) is 18.8. The maximum Gasteiger partial charge on any atom is 0.293 e. The number of rotatable bonds is 6. The number of nitrogens with zero attached hydrogens (tertiary/aromatic N) is 3. The van der Waals surface area contributed by atoms with E-state index in [0.717, 1.165) is 19.5 Å². The van der Waals surface area contributed by atoms with Crippen LogP contribution in [0.1, 0.15) is 27.2 Å². The summed E-state index contributed by atoms with van der Waals surface area (Å²) in [6.07, 6.45) is 4.44. The van der Waals surface area contributed by atoms with Gasteiger partial charge in [0, 0.05) is 37.4 Å². The second kappa shape index (κ2) is 6.92. The summed E-state index contributed by atoms with van der Waals surface area (Å²) in [5.74, 6) is 0.983. The number of hydrogen-bond donors (Lipinski definition) is 0. The highest BCUT2D eigenvalue weighted by Gasteiger charge is 2.11. The maximum atomic E-state index is 12.2. The average molecular weight is 316 g/mol. The molecule has 0 aromatic carbocycles. The third-order valence-corrected chi connectivity index (χ3v) is 3.14. The number of aromatic nitrogens is 2. The number of hydrogen-bond acceptors (Lipinski definition) is 3. The number of alkyl halides is 1. The zero-order valence-corrected chi connectivity index (χ0v) is 13.1. The van der Waals surface area contributed by atoms with E-state index in [9.17, 15) is 4.79 Å². The predicted molar refractivity (Wildman–Crippen MR) is 79.6 cm³/mol. The van der Waals surface area contributed by atoms with Gasteiger partial charge in [0.2, 0.25) is 0 Å². The van der Waals surface area contributed by atoms with Gasteiger partial charge in [0.25, 0.3) is 5.56 Å². The molecule has 0 radical (unpaired) electrons. The van der Waals surface area contributed by atoms with E-state index in [4.69, 9.17) is 0 Å². The largest absolute Gasteiger partial charge is 0.355 e. The molecule has 0 fully saturated rings. The number of anilines is 1. The zero-order chi connectivity index (χ0) is 13.7. The van der Waals surface area contributed by atoms with Gasteiger partial charge in [-0.3, -0.25) is 4.79 Å². The molecule has 5 heteroatoms. The van der Waals surface area contributed by atoms with Gasteiger partial charge in [-0.1, -0.05) is 36.7 Å². The smallest absolute Gasteiger partial charge is 0.293 e. The quantitative estimate of drug-likeness (QED) is 0.757. The molecule has 0 saturated carbocycles. The highest BCUT2D eigenvalue weighted by atomic mass is 79.9. The van der Waals surface area contributed by atoms with Crippen molar-refractivity contribution in [3.8, 4) is 0 Å².